The SMILES string of the molecule is CCCNCC1CCCCCC1c1nccnc1OC. The summed E-state index contributed by atoms with van der Waals surface area (Å²) in [7, 11) is 1.69. The Balaban J connectivity index is 2.14. The van der Waals surface area contributed by atoms with Gasteiger partial charge in [0.2, 0.25) is 5.88 Å². The Morgan fingerprint density at radius 2 is 2.00 bits per heavy atom. The van der Waals surface area contributed by atoms with Crippen molar-refractivity contribution >= 4 is 0 Å². The first-order valence-corrected chi connectivity index (χ1v) is 7.92. The molecule has 4 heteroatoms. The molecular formula is C16H27N3O. The molecule has 1 aliphatic rings. The summed E-state index contributed by atoms with van der Waals surface area (Å²) in [6.07, 6.45) is 11.1. The third-order valence-corrected chi connectivity index (χ3v) is 4.23. The van der Waals surface area contributed by atoms with Gasteiger partial charge in [-0.25, -0.2) is 4.98 Å². The molecular weight excluding hydrogens is 250 g/mol. The van der Waals surface area contributed by atoms with Crippen LogP contribution in [0.4, 0.5) is 0 Å². The molecule has 0 saturated heterocycles. The molecule has 0 aliphatic heterocycles. The molecule has 1 saturated carbocycles. The minimum absolute atomic E-state index is 0.477. The summed E-state index contributed by atoms with van der Waals surface area (Å²) in [6, 6.07) is 0. The van der Waals surface area contributed by atoms with Crippen LogP contribution in [0.25, 0.3) is 0 Å². The lowest BCUT2D eigenvalue weighted by Gasteiger charge is -2.25. The van der Waals surface area contributed by atoms with Gasteiger partial charge in [-0.3, -0.25) is 4.98 Å². The Bertz CT molecular complexity index is 397. The molecule has 0 radical (unpaired) electrons. The molecule has 1 fully saturated rings. The smallest absolute Gasteiger partial charge is 0.235 e. The highest BCUT2D eigenvalue weighted by atomic mass is 16.5. The zero-order valence-electron chi connectivity index (χ0n) is 12.8. The second-order valence-electron chi connectivity index (χ2n) is 5.66. The Morgan fingerprint density at radius 1 is 1.20 bits per heavy atom. The van der Waals surface area contributed by atoms with Gasteiger partial charge < -0.3 is 10.1 Å². The van der Waals surface area contributed by atoms with Crippen molar-refractivity contribution in [3.05, 3.63) is 18.1 Å². The van der Waals surface area contributed by atoms with E-state index in [1.165, 1.54) is 38.5 Å². The van der Waals surface area contributed by atoms with Crippen LogP contribution >= 0.6 is 0 Å². The molecule has 112 valence electrons. The maximum Gasteiger partial charge on any atom is 0.235 e. The molecule has 0 aromatic carbocycles. The van der Waals surface area contributed by atoms with Crippen molar-refractivity contribution in [2.75, 3.05) is 20.2 Å². The Kier molecular flexibility index (Phi) is 6.25. The fraction of sp³-hybridized carbons (Fsp3) is 0.750. The van der Waals surface area contributed by atoms with Gasteiger partial charge in [0.25, 0.3) is 0 Å². The van der Waals surface area contributed by atoms with Crippen LogP contribution < -0.4 is 10.1 Å². The summed E-state index contributed by atoms with van der Waals surface area (Å²) < 4.78 is 5.42. The fourth-order valence-electron chi connectivity index (χ4n) is 3.20. The van der Waals surface area contributed by atoms with Gasteiger partial charge >= 0.3 is 0 Å². The first-order valence-electron chi connectivity index (χ1n) is 7.92. The maximum atomic E-state index is 5.42. The zero-order chi connectivity index (χ0) is 14.2. The van der Waals surface area contributed by atoms with E-state index < -0.39 is 0 Å². The summed E-state index contributed by atoms with van der Waals surface area (Å²) in [5.41, 5.74) is 1.06. The molecule has 2 atom stereocenters. The molecule has 1 aliphatic carbocycles. The van der Waals surface area contributed by atoms with Gasteiger partial charge in [0.05, 0.1) is 7.11 Å². The first-order chi connectivity index (χ1) is 9.86. The highest BCUT2D eigenvalue weighted by Gasteiger charge is 2.28. The highest BCUT2D eigenvalue weighted by Crippen LogP contribution is 2.38. The van der Waals surface area contributed by atoms with Crippen LogP contribution in [0.2, 0.25) is 0 Å². The van der Waals surface area contributed by atoms with E-state index in [2.05, 4.69) is 22.2 Å². The molecule has 0 bridgehead atoms. The van der Waals surface area contributed by atoms with Gasteiger partial charge in [-0.05, 0) is 38.3 Å². The van der Waals surface area contributed by atoms with Crippen molar-refractivity contribution in [1.29, 1.82) is 0 Å². The summed E-state index contributed by atoms with van der Waals surface area (Å²) in [5, 5.41) is 3.58. The molecule has 1 aromatic heterocycles. The topological polar surface area (TPSA) is 47.0 Å². The third kappa shape index (κ3) is 3.92. The van der Waals surface area contributed by atoms with Gasteiger partial charge in [-0.1, -0.05) is 26.2 Å². The lowest BCUT2D eigenvalue weighted by Crippen LogP contribution is -2.28. The van der Waals surface area contributed by atoms with E-state index in [1.807, 2.05) is 0 Å². The van der Waals surface area contributed by atoms with Gasteiger partial charge in [-0.2, -0.15) is 0 Å². The van der Waals surface area contributed by atoms with E-state index in [4.69, 9.17) is 4.74 Å². The molecule has 2 unspecified atom stereocenters. The van der Waals surface area contributed by atoms with Crippen molar-refractivity contribution in [3.8, 4) is 5.88 Å². The van der Waals surface area contributed by atoms with Crippen LogP contribution in [-0.2, 0) is 0 Å². The second kappa shape index (κ2) is 8.20. The minimum Gasteiger partial charge on any atom is -0.480 e. The summed E-state index contributed by atoms with van der Waals surface area (Å²) >= 11 is 0. The van der Waals surface area contributed by atoms with Gasteiger partial charge in [0, 0.05) is 18.3 Å². The summed E-state index contributed by atoms with van der Waals surface area (Å²) in [4.78, 5) is 8.91. The standard InChI is InChI=1S/C16H27N3O/c1-3-9-17-12-13-7-5-4-6-8-14(13)15-16(20-2)19-11-10-18-15/h10-11,13-14,17H,3-9,12H2,1-2H3. The Labute approximate surface area is 122 Å². The second-order valence-corrected chi connectivity index (χ2v) is 5.66. The van der Waals surface area contributed by atoms with E-state index >= 15 is 0 Å². The molecule has 1 N–H and O–H groups in total. The monoisotopic (exact) mass is 277 g/mol. The fourth-order valence-corrected chi connectivity index (χ4v) is 3.20. The average molecular weight is 277 g/mol. The molecule has 1 aromatic rings. The third-order valence-electron chi connectivity index (χ3n) is 4.23. The van der Waals surface area contributed by atoms with Crippen molar-refractivity contribution in [2.45, 2.75) is 51.4 Å². The van der Waals surface area contributed by atoms with Gasteiger partial charge in [-0.15, -0.1) is 0 Å². The molecule has 0 amide bonds. The zero-order valence-corrected chi connectivity index (χ0v) is 12.8. The summed E-state index contributed by atoms with van der Waals surface area (Å²) in [6.45, 7) is 4.39. The number of methoxy groups -OCH3 is 1. The van der Waals surface area contributed by atoms with Crippen molar-refractivity contribution in [3.63, 3.8) is 0 Å². The van der Waals surface area contributed by atoms with Crippen LogP contribution in [0.5, 0.6) is 5.88 Å². The van der Waals surface area contributed by atoms with E-state index in [9.17, 15) is 0 Å². The number of hydrogen-bond acceptors (Lipinski definition) is 4. The average Bonchev–Trinajstić information content (AvgIpc) is 2.73. The lowest BCUT2D eigenvalue weighted by molar-refractivity contribution is 0.340. The normalized spacial score (nSPS) is 23.3. The predicted molar refractivity (Wildman–Crippen MR) is 81.1 cm³/mol. The molecule has 20 heavy (non-hydrogen) atoms. The maximum absolute atomic E-state index is 5.42. The van der Waals surface area contributed by atoms with Crippen LogP contribution in [0.15, 0.2) is 12.4 Å². The molecule has 4 nitrogen and oxygen atoms in total. The van der Waals surface area contributed by atoms with Crippen molar-refractivity contribution in [1.82, 2.24) is 15.3 Å². The first kappa shape index (κ1) is 15.2. The van der Waals surface area contributed by atoms with Crippen LogP contribution in [0.3, 0.4) is 0 Å². The number of aromatic nitrogens is 2. The number of nitrogens with zero attached hydrogens (tertiary/aromatic N) is 2. The molecule has 1 heterocycles. The van der Waals surface area contributed by atoms with E-state index in [0.29, 0.717) is 17.7 Å². The molecule has 0 spiro atoms. The Morgan fingerprint density at radius 3 is 2.80 bits per heavy atom. The molecule has 2 rings (SSSR count). The van der Waals surface area contributed by atoms with Crippen LogP contribution in [-0.4, -0.2) is 30.2 Å². The number of hydrogen-bond donors (Lipinski definition) is 1. The lowest BCUT2D eigenvalue weighted by atomic mass is 9.85. The van der Waals surface area contributed by atoms with E-state index in [1.54, 1.807) is 19.5 Å². The van der Waals surface area contributed by atoms with Crippen LogP contribution in [0, 0.1) is 5.92 Å². The highest BCUT2D eigenvalue weighted by molar-refractivity contribution is 5.23. The number of ether oxygens (including phenoxy) is 1. The Hall–Kier alpha value is -1.16. The number of nitrogens with one attached hydrogen (secondary N) is 1. The summed E-state index contributed by atoms with van der Waals surface area (Å²) in [5.74, 6) is 1.83. The van der Waals surface area contributed by atoms with E-state index in [0.717, 1.165) is 18.8 Å². The van der Waals surface area contributed by atoms with Gasteiger partial charge in [0.1, 0.15) is 5.69 Å². The predicted octanol–water partition coefficient (Wildman–Crippen LogP) is 3.15. The number of rotatable bonds is 6. The van der Waals surface area contributed by atoms with Crippen molar-refractivity contribution in [2.24, 2.45) is 5.92 Å². The largest absolute Gasteiger partial charge is 0.480 e. The van der Waals surface area contributed by atoms with Crippen molar-refractivity contribution < 1.29 is 4.74 Å². The van der Waals surface area contributed by atoms with Crippen LogP contribution in [0.1, 0.15) is 57.1 Å². The van der Waals surface area contributed by atoms with E-state index in [-0.39, 0.29) is 0 Å². The van der Waals surface area contributed by atoms with Gasteiger partial charge in [0.15, 0.2) is 0 Å². The quantitative estimate of drug-likeness (QED) is 0.641. The minimum atomic E-state index is 0.477.